The number of aromatic carboxylic acids is 1. The van der Waals surface area contributed by atoms with Gasteiger partial charge in [-0.3, -0.25) is 9.62 Å². The van der Waals surface area contributed by atoms with Crippen LogP contribution in [0.1, 0.15) is 28.1 Å². The highest BCUT2D eigenvalue weighted by atomic mass is 32.2. The average Bonchev–Trinajstić information content (AvgIpc) is 3.23. The highest BCUT2D eigenvalue weighted by molar-refractivity contribution is 7.92. The molecule has 2 aromatic carbocycles. The van der Waals surface area contributed by atoms with E-state index in [9.17, 15) is 22.7 Å². The van der Waals surface area contributed by atoms with E-state index in [0.717, 1.165) is 37.7 Å². The zero-order chi connectivity index (χ0) is 23.9. The smallest absolute Gasteiger partial charge is 0.341 e. The number of sulfonamides is 1. The van der Waals surface area contributed by atoms with Crippen molar-refractivity contribution in [1.29, 1.82) is 0 Å². The number of carbonyl (C=O) groups is 1. The summed E-state index contributed by atoms with van der Waals surface area (Å²) in [5, 5.41) is 9.87. The number of furan rings is 1. The zero-order valence-electron chi connectivity index (χ0n) is 18.0. The third kappa shape index (κ3) is 4.06. The van der Waals surface area contributed by atoms with Gasteiger partial charge in [-0.05, 0) is 61.5 Å². The Morgan fingerprint density at radius 3 is 2.74 bits per heavy atom. The molecular formula is C24H21FN2O6S. The lowest BCUT2D eigenvalue weighted by molar-refractivity contribution is 0.0692. The number of rotatable bonds is 7. The number of carboxylic acid groups (broad SMARTS) is 1. The summed E-state index contributed by atoms with van der Waals surface area (Å²) in [7, 11) is -4.25. The number of hydrogen-bond acceptors (Lipinski definition) is 6. The lowest BCUT2D eigenvalue weighted by Gasteiger charge is -2.29. The zero-order valence-corrected chi connectivity index (χ0v) is 18.8. The molecule has 10 heteroatoms. The standard InChI is InChI=1S/C24H21FN2O6S/c25-16-4-7-21(15(13-16)3-1-9-27-10-2-11-27)34(30,31)26-19-6-5-18-17-8-12-32-20(17)14-33-23(18)22(19)24(28)29/h1,3-8,12-13,26H,2,9-11,14H2,(H,28,29). The molecule has 1 saturated heterocycles. The fraction of sp³-hybridized carbons (Fsp3) is 0.208. The molecule has 1 aromatic heterocycles. The van der Waals surface area contributed by atoms with Gasteiger partial charge < -0.3 is 14.3 Å². The van der Waals surface area contributed by atoms with E-state index >= 15 is 0 Å². The van der Waals surface area contributed by atoms with Gasteiger partial charge in [-0.25, -0.2) is 17.6 Å². The Balaban J connectivity index is 1.51. The fourth-order valence-corrected chi connectivity index (χ4v) is 5.31. The van der Waals surface area contributed by atoms with Gasteiger partial charge >= 0.3 is 5.97 Å². The number of carboxylic acids is 1. The minimum Gasteiger partial charge on any atom is -0.484 e. The number of nitrogens with zero attached hydrogens (tertiary/aromatic N) is 1. The van der Waals surface area contributed by atoms with Gasteiger partial charge in [0.25, 0.3) is 10.0 Å². The Labute approximate surface area is 195 Å². The van der Waals surface area contributed by atoms with Crippen LogP contribution in [0, 0.1) is 5.82 Å². The van der Waals surface area contributed by atoms with Gasteiger partial charge in [-0.1, -0.05) is 12.2 Å². The van der Waals surface area contributed by atoms with Crippen molar-refractivity contribution >= 4 is 27.8 Å². The maximum atomic E-state index is 13.9. The molecule has 3 aromatic rings. The molecule has 8 nitrogen and oxygen atoms in total. The number of fused-ring (bicyclic) bond motifs is 3. The summed E-state index contributed by atoms with van der Waals surface area (Å²) < 4.78 is 53.8. The molecule has 0 aliphatic carbocycles. The van der Waals surface area contributed by atoms with E-state index in [-0.39, 0.29) is 34.1 Å². The Kier molecular flexibility index (Phi) is 5.62. The van der Waals surface area contributed by atoms with Gasteiger partial charge in [0.2, 0.25) is 0 Å². The SMILES string of the molecule is O=C(O)c1c(NS(=O)(=O)c2ccc(F)cc2C=CCN2CCC2)ccc2c1OCc1occc1-2. The quantitative estimate of drug-likeness (QED) is 0.517. The van der Waals surface area contributed by atoms with Crippen molar-refractivity contribution < 1.29 is 31.9 Å². The van der Waals surface area contributed by atoms with Crippen molar-refractivity contribution in [2.24, 2.45) is 0 Å². The molecule has 0 bridgehead atoms. The summed E-state index contributed by atoms with van der Waals surface area (Å²) in [6.45, 7) is 2.60. The minimum atomic E-state index is -4.25. The molecular weight excluding hydrogens is 463 g/mol. The monoisotopic (exact) mass is 484 g/mol. The largest absolute Gasteiger partial charge is 0.484 e. The van der Waals surface area contributed by atoms with Crippen molar-refractivity contribution in [2.45, 2.75) is 17.9 Å². The first kappa shape index (κ1) is 22.2. The first-order chi connectivity index (χ1) is 16.3. The predicted molar refractivity (Wildman–Crippen MR) is 123 cm³/mol. The molecule has 0 unspecified atom stereocenters. The molecule has 0 spiro atoms. The van der Waals surface area contributed by atoms with Crippen LogP contribution in [0.5, 0.6) is 5.75 Å². The van der Waals surface area contributed by atoms with Crippen molar-refractivity contribution in [3.63, 3.8) is 0 Å². The highest BCUT2D eigenvalue weighted by Crippen LogP contribution is 2.43. The molecule has 2 aliphatic heterocycles. The summed E-state index contributed by atoms with van der Waals surface area (Å²) >= 11 is 0. The van der Waals surface area contributed by atoms with E-state index in [1.54, 1.807) is 24.3 Å². The summed E-state index contributed by atoms with van der Waals surface area (Å²) in [6, 6.07) is 7.99. The maximum absolute atomic E-state index is 13.9. The molecule has 176 valence electrons. The summed E-state index contributed by atoms with van der Waals surface area (Å²) in [4.78, 5) is 14.1. The topological polar surface area (TPSA) is 109 Å². The number of benzene rings is 2. The maximum Gasteiger partial charge on any atom is 0.341 e. The van der Waals surface area contributed by atoms with Crippen LogP contribution in [0.3, 0.4) is 0 Å². The average molecular weight is 485 g/mol. The molecule has 0 radical (unpaired) electrons. The second-order valence-corrected chi connectivity index (χ2v) is 9.71. The fourth-order valence-electron chi connectivity index (χ4n) is 4.06. The van der Waals surface area contributed by atoms with Gasteiger partial charge in [0.15, 0.2) is 0 Å². The number of anilines is 1. The first-order valence-corrected chi connectivity index (χ1v) is 12.1. The summed E-state index contributed by atoms with van der Waals surface area (Å²) in [6.07, 6.45) is 5.94. The van der Waals surface area contributed by atoms with Crippen molar-refractivity contribution in [3.8, 4) is 16.9 Å². The number of likely N-dealkylation sites (tertiary alicyclic amines) is 1. The molecule has 0 atom stereocenters. The Bertz CT molecular complexity index is 1410. The molecule has 34 heavy (non-hydrogen) atoms. The van der Waals surface area contributed by atoms with Crippen LogP contribution in [0.4, 0.5) is 10.1 Å². The molecule has 3 heterocycles. The molecule has 1 fully saturated rings. The Morgan fingerprint density at radius 1 is 1.18 bits per heavy atom. The van der Waals surface area contributed by atoms with Crippen LogP contribution in [0.15, 0.2) is 58.1 Å². The van der Waals surface area contributed by atoms with Crippen LogP contribution in [-0.4, -0.2) is 44.0 Å². The van der Waals surface area contributed by atoms with Crippen LogP contribution in [-0.2, 0) is 16.6 Å². The number of halogens is 1. The lowest BCUT2D eigenvalue weighted by atomic mass is 9.98. The van der Waals surface area contributed by atoms with E-state index in [0.29, 0.717) is 23.4 Å². The molecule has 0 saturated carbocycles. The second-order valence-electron chi connectivity index (χ2n) is 8.06. The van der Waals surface area contributed by atoms with Gasteiger partial charge in [-0.2, -0.15) is 0 Å². The van der Waals surface area contributed by atoms with Gasteiger partial charge in [0.05, 0.1) is 16.8 Å². The van der Waals surface area contributed by atoms with Crippen molar-refractivity contribution in [3.05, 3.63) is 71.4 Å². The molecule has 5 rings (SSSR count). The van der Waals surface area contributed by atoms with Crippen LogP contribution in [0.2, 0.25) is 0 Å². The van der Waals surface area contributed by atoms with E-state index < -0.39 is 21.8 Å². The minimum absolute atomic E-state index is 0.0236. The summed E-state index contributed by atoms with van der Waals surface area (Å²) in [5.74, 6) is -1.32. The van der Waals surface area contributed by atoms with Crippen LogP contribution >= 0.6 is 0 Å². The van der Waals surface area contributed by atoms with Crippen molar-refractivity contribution in [1.82, 2.24) is 4.90 Å². The molecule has 2 aliphatic rings. The first-order valence-electron chi connectivity index (χ1n) is 10.6. The Hall–Kier alpha value is -3.63. The molecule has 2 N–H and O–H groups in total. The van der Waals surface area contributed by atoms with Crippen molar-refractivity contribution in [2.75, 3.05) is 24.4 Å². The summed E-state index contributed by atoms with van der Waals surface area (Å²) in [5.41, 5.74) is 0.878. The van der Waals surface area contributed by atoms with Gasteiger partial charge in [0.1, 0.15) is 29.5 Å². The van der Waals surface area contributed by atoms with E-state index in [1.165, 1.54) is 12.3 Å². The number of hydrogen-bond donors (Lipinski definition) is 2. The predicted octanol–water partition coefficient (Wildman–Crippen LogP) is 4.20. The van der Waals surface area contributed by atoms with E-state index in [1.807, 2.05) is 0 Å². The highest BCUT2D eigenvalue weighted by Gasteiger charge is 2.30. The number of nitrogens with one attached hydrogen (secondary N) is 1. The third-order valence-electron chi connectivity index (χ3n) is 5.87. The van der Waals surface area contributed by atoms with E-state index in [4.69, 9.17) is 9.15 Å². The van der Waals surface area contributed by atoms with Crippen LogP contribution < -0.4 is 9.46 Å². The normalized spacial score (nSPS) is 15.3. The van der Waals surface area contributed by atoms with E-state index in [2.05, 4.69) is 9.62 Å². The van der Waals surface area contributed by atoms with Crippen LogP contribution in [0.25, 0.3) is 17.2 Å². The lowest BCUT2D eigenvalue weighted by Crippen LogP contribution is -2.36. The van der Waals surface area contributed by atoms with Gasteiger partial charge in [0, 0.05) is 17.7 Å². The number of ether oxygens (including phenoxy) is 1. The second kappa shape index (κ2) is 8.62. The molecule has 0 amide bonds. The van der Waals surface area contributed by atoms with Gasteiger partial charge in [-0.15, -0.1) is 0 Å². The Morgan fingerprint density at radius 2 is 2.00 bits per heavy atom. The third-order valence-corrected chi connectivity index (χ3v) is 7.31.